The highest BCUT2D eigenvalue weighted by Crippen LogP contribution is 2.31. The monoisotopic (exact) mass is 544 g/mol. The Morgan fingerprint density at radius 1 is 1.18 bits per heavy atom. The standard InChI is InChI=1S/C21H24F4N8O5/c22-15-5-13(32-11-14(38-21(32)36)9-27-20(35)19(24)25)6-16(23)18(15)31-1-2-33(37-4-3-31)17(34)10-26-7-12-8-28-30-29-12/h5-6,8,14,19,26H,1-4,7,9-11H2,(H,27,35)(H,28,29,30)/t14-/m0/s1. The molecule has 0 unspecified atom stereocenters. The van der Waals surface area contributed by atoms with E-state index in [1.165, 1.54) is 11.1 Å². The molecule has 13 nitrogen and oxygen atoms in total. The van der Waals surface area contributed by atoms with Crippen LogP contribution in [0, 0.1) is 11.6 Å². The number of anilines is 2. The first-order valence-corrected chi connectivity index (χ1v) is 11.5. The van der Waals surface area contributed by atoms with Crippen molar-refractivity contribution in [1.29, 1.82) is 0 Å². The molecule has 17 heteroatoms. The van der Waals surface area contributed by atoms with Gasteiger partial charge in [0.05, 0.1) is 50.4 Å². The van der Waals surface area contributed by atoms with Gasteiger partial charge in [0.25, 0.3) is 11.8 Å². The van der Waals surface area contributed by atoms with Crippen molar-refractivity contribution in [2.75, 3.05) is 55.7 Å². The molecule has 38 heavy (non-hydrogen) atoms. The van der Waals surface area contributed by atoms with E-state index in [2.05, 4.69) is 20.7 Å². The maximum Gasteiger partial charge on any atom is 0.414 e. The van der Waals surface area contributed by atoms with Crippen LogP contribution >= 0.6 is 0 Å². The largest absolute Gasteiger partial charge is 0.442 e. The number of carbonyl (C=O) groups excluding carboxylic acids is 3. The second-order valence-corrected chi connectivity index (χ2v) is 8.30. The average molecular weight is 544 g/mol. The molecule has 0 bridgehead atoms. The summed E-state index contributed by atoms with van der Waals surface area (Å²) in [5.74, 6) is -3.82. The summed E-state index contributed by atoms with van der Waals surface area (Å²) in [4.78, 5) is 43.4. The van der Waals surface area contributed by atoms with E-state index in [1.807, 2.05) is 5.32 Å². The van der Waals surface area contributed by atoms with Gasteiger partial charge in [-0.05, 0) is 0 Å². The van der Waals surface area contributed by atoms with Gasteiger partial charge in [0, 0.05) is 31.8 Å². The molecule has 0 aliphatic carbocycles. The Bertz CT molecular complexity index is 1130. The van der Waals surface area contributed by atoms with Crippen LogP contribution in [0.1, 0.15) is 5.69 Å². The van der Waals surface area contributed by atoms with Crippen molar-refractivity contribution < 1.29 is 41.5 Å². The molecule has 3 amide bonds. The van der Waals surface area contributed by atoms with Gasteiger partial charge >= 0.3 is 12.5 Å². The van der Waals surface area contributed by atoms with Crippen LogP contribution in [0.15, 0.2) is 18.3 Å². The SMILES string of the molecule is O=C(NC[C@H]1CN(c2cc(F)c(N3CCON(C(=O)CNCc4cn[nH]n4)CC3)c(F)c2)C(=O)O1)C(F)F. The number of aromatic amines is 1. The third-order valence-corrected chi connectivity index (χ3v) is 5.71. The van der Waals surface area contributed by atoms with E-state index in [-0.39, 0.29) is 63.2 Å². The molecule has 0 spiro atoms. The number of rotatable bonds is 9. The molecule has 1 aromatic carbocycles. The summed E-state index contributed by atoms with van der Waals surface area (Å²) in [6, 6.07) is 1.89. The zero-order valence-electron chi connectivity index (χ0n) is 19.8. The van der Waals surface area contributed by atoms with Gasteiger partial charge in [-0.1, -0.05) is 0 Å². The van der Waals surface area contributed by atoms with Crippen LogP contribution in [0.2, 0.25) is 0 Å². The Labute approximate surface area is 213 Å². The van der Waals surface area contributed by atoms with Crippen LogP contribution in [0.5, 0.6) is 0 Å². The molecule has 2 saturated heterocycles. The Morgan fingerprint density at radius 3 is 2.63 bits per heavy atom. The molecule has 2 aliphatic heterocycles. The fourth-order valence-corrected chi connectivity index (χ4v) is 3.91. The second kappa shape index (κ2) is 12.0. The number of ether oxygens (including phenoxy) is 1. The molecule has 3 heterocycles. The number of hydrogen-bond donors (Lipinski definition) is 3. The van der Waals surface area contributed by atoms with E-state index in [4.69, 9.17) is 9.57 Å². The zero-order valence-corrected chi connectivity index (χ0v) is 19.8. The summed E-state index contributed by atoms with van der Waals surface area (Å²) in [5, 5.41) is 15.9. The quantitative estimate of drug-likeness (QED) is 0.376. The third kappa shape index (κ3) is 6.46. The van der Waals surface area contributed by atoms with Crippen LogP contribution in [0.4, 0.5) is 33.7 Å². The number of hydroxylamine groups is 2. The number of halogens is 4. The summed E-state index contributed by atoms with van der Waals surface area (Å²) >= 11 is 0. The van der Waals surface area contributed by atoms with Crippen molar-refractivity contribution in [3.63, 3.8) is 0 Å². The van der Waals surface area contributed by atoms with Gasteiger partial charge in [-0.3, -0.25) is 19.3 Å². The number of benzene rings is 1. The number of nitrogens with one attached hydrogen (secondary N) is 3. The second-order valence-electron chi connectivity index (χ2n) is 8.30. The predicted molar refractivity (Wildman–Crippen MR) is 121 cm³/mol. The van der Waals surface area contributed by atoms with E-state index >= 15 is 8.78 Å². The molecule has 4 rings (SSSR count). The highest BCUT2D eigenvalue weighted by atomic mass is 19.3. The van der Waals surface area contributed by atoms with Gasteiger partial charge in [-0.2, -0.15) is 24.2 Å². The average Bonchev–Trinajstić information content (AvgIpc) is 3.45. The van der Waals surface area contributed by atoms with E-state index < -0.39 is 36.2 Å². The first kappa shape index (κ1) is 27.1. The van der Waals surface area contributed by atoms with E-state index in [9.17, 15) is 23.2 Å². The van der Waals surface area contributed by atoms with Gasteiger partial charge in [0.1, 0.15) is 11.8 Å². The van der Waals surface area contributed by atoms with Crippen molar-refractivity contribution in [2.45, 2.75) is 19.1 Å². The lowest BCUT2D eigenvalue weighted by Crippen LogP contribution is -2.39. The van der Waals surface area contributed by atoms with Gasteiger partial charge in [-0.25, -0.2) is 18.6 Å². The maximum atomic E-state index is 15.1. The fourth-order valence-electron chi connectivity index (χ4n) is 3.91. The number of cyclic esters (lactones) is 1. The minimum absolute atomic E-state index is 0.0138. The van der Waals surface area contributed by atoms with Gasteiger partial charge in [0.15, 0.2) is 11.6 Å². The summed E-state index contributed by atoms with van der Waals surface area (Å²) in [6.45, 7) is -0.159. The van der Waals surface area contributed by atoms with Crippen LogP contribution in [-0.2, 0) is 25.7 Å². The maximum absolute atomic E-state index is 15.1. The number of amides is 3. The van der Waals surface area contributed by atoms with Crippen LogP contribution < -0.4 is 20.4 Å². The number of aromatic nitrogens is 3. The van der Waals surface area contributed by atoms with Gasteiger partial charge in [0.2, 0.25) is 0 Å². The lowest BCUT2D eigenvalue weighted by atomic mass is 10.2. The fraction of sp³-hybridized carbons (Fsp3) is 0.476. The van der Waals surface area contributed by atoms with Crippen molar-refractivity contribution in [3.8, 4) is 0 Å². The van der Waals surface area contributed by atoms with E-state index in [1.54, 1.807) is 0 Å². The first-order chi connectivity index (χ1) is 18.2. The van der Waals surface area contributed by atoms with Crippen LogP contribution in [0.3, 0.4) is 0 Å². The number of alkyl halides is 2. The molecule has 2 aliphatic rings. The minimum atomic E-state index is -3.23. The lowest BCUT2D eigenvalue weighted by molar-refractivity contribution is -0.180. The van der Waals surface area contributed by atoms with Crippen molar-refractivity contribution in [1.82, 2.24) is 31.1 Å². The normalized spacial score (nSPS) is 18.1. The Morgan fingerprint density at radius 2 is 1.95 bits per heavy atom. The number of nitrogens with zero attached hydrogens (tertiary/aromatic N) is 5. The zero-order chi connectivity index (χ0) is 27.2. The van der Waals surface area contributed by atoms with Gasteiger partial charge < -0.3 is 20.3 Å². The minimum Gasteiger partial charge on any atom is -0.442 e. The molecule has 2 aromatic rings. The first-order valence-electron chi connectivity index (χ1n) is 11.5. The number of H-pyrrole nitrogens is 1. The summed E-state index contributed by atoms with van der Waals surface area (Å²) in [6.07, 6.45) is -3.64. The van der Waals surface area contributed by atoms with Crippen molar-refractivity contribution >= 4 is 29.3 Å². The third-order valence-electron chi connectivity index (χ3n) is 5.71. The van der Waals surface area contributed by atoms with Gasteiger partial charge in [-0.15, -0.1) is 0 Å². The molecule has 2 fully saturated rings. The molecule has 206 valence electrons. The lowest BCUT2D eigenvalue weighted by Gasteiger charge is -2.24. The summed E-state index contributed by atoms with van der Waals surface area (Å²) in [7, 11) is 0. The predicted octanol–water partition coefficient (Wildman–Crippen LogP) is 0.159. The molecule has 0 radical (unpaired) electrons. The van der Waals surface area contributed by atoms with Crippen LogP contribution in [0.25, 0.3) is 0 Å². The smallest absolute Gasteiger partial charge is 0.414 e. The molecule has 3 N–H and O–H groups in total. The summed E-state index contributed by atoms with van der Waals surface area (Å²) < 4.78 is 59.8. The molecule has 1 atom stereocenters. The summed E-state index contributed by atoms with van der Waals surface area (Å²) in [5.41, 5.74) is 0.119. The topological polar surface area (TPSA) is 145 Å². The molecule has 0 saturated carbocycles. The molecular formula is C21H24F4N8O5. The van der Waals surface area contributed by atoms with Crippen molar-refractivity contribution in [3.05, 3.63) is 35.7 Å². The van der Waals surface area contributed by atoms with Crippen LogP contribution in [-0.4, -0.2) is 96.8 Å². The molecular weight excluding hydrogens is 520 g/mol. The number of carbonyl (C=O) groups is 3. The Hall–Kier alpha value is -3.99. The highest BCUT2D eigenvalue weighted by molar-refractivity contribution is 5.90. The Kier molecular flexibility index (Phi) is 8.57. The van der Waals surface area contributed by atoms with E-state index in [0.29, 0.717) is 12.2 Å². The Balaban J connectivity index is 1.34. The number of hydrogen-bond acceptors (Lipinski definition) is 9. The highest BCUT2D eigenvalue weighted by Gasteiger charge is 2.34. The van der Waals surface area contributed by atoms with Crippen molar-refractivity contribution in [2.24, 2.45) is 0 Å². The molecule has 1 aromatic heterocycles. The van der Waals surface area contributed by atoms with E-state index in [0.717, 1.165) is 22.1 Å².